The fourth-order valence-electron chi connectivity index (χ4n) is 3.55. The number of nitrogens with zero attached hydrogens (tertiary/aromatic N) is 1. The summed E-state index contributed by atoms with van der Waals surface area (Å²) in [6.45, 7) is 7.66. The highest BCUT2D eigenvalue weighted by molar-refractivity contribution is 6.33. The Balaban J connectivity index is 1.78. The summed E-state index contributed by atoms with van der Waals surface area (Å²) < 4.78 is 0. The second-order valence-corrected chi connectivity index (χ2v) is 7.73. The summed E-state index contributed by atoms with van der Waals surface area (Å²) in [4.78, 5) is 15.7. The van der Waals surface area contributed by atoms with Gasteiger partial charge >= 0.3 is 0 Å². The molecule has 0 radical (unpaired) electrons. The number of fused-ring (bicyclic) bond motifs is 1. The summed E-state index contributed by atoms with van der Waals surface area (Å²) in [5.74, 6) is 3.43. The molecular weight excluding hydrogens is 408 g/mol. The van der Waals surface area contributed by atoms with Gasteiger partial charge in [-0.1, -0.05) is 54.4 Å². The number of Topliss-reactive ketones (excluding diaryl/α,β-unsaturated/α-hetero) is 1. The number of benzene rings is 1. The van der Waals surface area contributed by atoms with E-state index in [0.29, 0.717) is 22.2 Å². The van der Waals surface area contributed by atoms with Crippen LogP contribution in [-0.2, 0) is 6.42 Å². The van der Waals surface area contributed by atoms with Crippen LogP contribution >= 0.6 is 11.6 Å². The van der Waals surface area contributed by atoms with Gasteiger partial charge < -0.3 is 5.32 Å². The molecule has 1 atom stereocenters. The van der Waals surface area contributed by atoms with Crippen LogP contribution in [0.5, 0.6) is 0 Å². The van der Waals surface area contributed by atoms with Crippen molar-refractivity contribution in [3.63, 3.8) is 0 Å². The number of carbonyl (C=O) groups excluding carboxylic acids is 1. The van der Waals surface area contributed by atoms with Crippen LogP contribution in [0.25, 0.3) is 0 Å². The first-order valence-electron chi connectivity index (χ1n) is 9.94. The van der Waals surface area contributed by atoms with Gasteiger partial charge in [0.15, 0.2) is 11.6 Å². The Morgan fingerprint density at radius 2 is 2.13 bits per heavy atom. The van der Waals surface area contributed by atoms with Gasteiger partial charge in [0, 0.05) is 11.8 Å². The molecule has 0 fully saturated rings. The maximum atomic E-state index is 11.5. The van der Waals surface area contributed by atoms with Gasteiger partial charge in [0.25, 0.3) is 0 Å². The Hall–Kier alpha value is -3.49. The number of anilines is 1. The second kappa shape index (κ2) is 10.0. The lowest BCUT2D eigenvalue weighted by Crippen LogP contribution is -2.33. The molecule has 1 unspecified atom stereocenters. The Morgan fingerprint density at radius 3 is 2.84 bits per heavy atom. The molecule has 0 aliphatic heterocycles. The molecule has 3 N–H and O–H groups in total. The number of aryl methyl sites for hydroxylation is 1. The number of hydrogen-bond donors (Lipinski definition) is 3. The van der Waals surface area contributed by atoms with Crippen molar-refractivity contribution < 1.29 is 4.79 Å². The first-order chi connectivity index (χ1) is 14.9. The lowest BCUT2D eigenvalue weighted by Gasteiger charge is -2.25. The number of hydrogen-bond acceptors (Lipinski definition) is 5. The average molecular weight is 433 g/mol. The van der Waals surface area contributed by atoms with Crippen LogP contribution in [-0.4, -0.2) is 10.8 Å². The van der Waals surface area contributed by atoms with Crippen LogP contribution in [0.4, 0.5) is 5.82 Å². The Labute approximate surface area is 188 Å². The van der Waals surface area contributed by atoms with E-state index >= 15 is 0 Å². The summed E-state index contributed by atoms with van der Waals surface area (Å²) >= 11 is 6.23. The maximum absolute atomic E-state index is 11.5. The zero-order chi connectivity index (χ0) is 22.4. The average Bonchev–Trinajstić information content (AvgIpc) is 2.88. The number of terminal acetylenes is 1. The third-order valence-electron chi connectivity index (χ3n) is 5.25. The fraction of sp³-hybridized carbons (Fsp3) is 0.200. The molecule has 0 saturated carbocycles. The molecule has 5 nitrogen and oxygen atoms in total. The third-order valence-corrected chi connectivity index (χ3v) is 5.54. The number of pyridine rings is 1. The van der Waals surface area contributed by atoms with E-state index < -0.39 is 0 Å². The largest absolute Gasteiger partial charge is 0.360 e. The smallest absolute Gasteiger partial charge is 0.163 e. The molecule has 1 heterocycles. The van der Waals surface area contributed by atoms with E-state index in [-0.39, 0.29) is 11.8 Å². The van der Waals surface area contributed by atoms with Crippen molar-refractivity contribution in [2.75, 3.05) is 5.43 Å². The van der Waals surface area contributed by atoms with Gasteiger partial charge in [0.2, 0.25) is 0 Å². The molecule has 2 aromatic rings. The zero-order valence-electron chi connectivity index (χ0n) is 17.6. The standard InChI is InChI=1S/C25H25ClN4O/c1-5-6-9-19-12-13-20-10-7-8-11-22(20)24(16(19)2)28-18(4)29-30-25-23(26)14-21(15-27-25)17(3)31/h1,6-11,14-15,24,28-29H,4,12-13H2,2-3H3,(H,27,30)/b9-6-. The number of rotatable bonds is 7. The minimum atomic E-state index is -0.0935. The molecule has 1 aliphatic carbocycles. The lowest BCUT2D eigenvalue weighted by atomic mass is 9.95. The van der Waals surface area contributed by atoms with E-state index in [9.17, 15) is 4.79 Å². The summed E-state index contributed by atoms with van der Waals surface area (Å²) in [6.07, 6.45) is 12.5. The van der Waals surface area contributed by atoms with E-state index in [1.807, 2.05) is 12.1 Å². The van der Waals surface area contributed by atoms with E-state index in [1.165, 1.54) is 35.4 Å². The fourth-order valence-corrected chi connectivity index (χ4v) is 3.76. The molecule has 158 valence electrons. The van der Waals surface area contributed by atoms with Gasteiger partial charge in [-0.05, 0) is 61.1 Å². The molecule has 3 rings (SSSR count). The van der Waals surface area contributed by atoms with Crippen molar-refractivity contribution in [2.24, 2.45) is 0 Å². The molecule has 1 aliphatic rings. The van der Waals surface area contributed by atoms with Crippen LogP contribution in [0.2, 0.25) is 5.02 Å². The van der Waals surface area contributed by atoms with E-state index in [1.54, 1.807) is 12.1 Å². The van der Waals surface area contributed by atoms with Crippen LogP contribution in [0.3, 0.4) is 0 Å². The number of nitrogens with one attached hydrogen (secondary N) is 3. The van der Waals surface area contributed by atoms with Crippen molar-refractivity contribution in [3.05, 3.63) is 93.9 Å². The molecule has 0 amide bonds. The highest BCUT2D eigenvalue weighted by Gasteiger charge is 2.22. The number of carbonyl (C=O) groups is 1. The minimum absolute atomic E-state index is 0.0681. The van der Waals surface area contributed by atoms with Crippen LogP contribution < -0.4 is 16.2 Å². The Kier molecular flexibility index (Phi) is 7.17. The second-order valence-electron chi connectivity index (χ2n) is 7.32. The maximum Gasteiger partial charge on any atom is 0.163 e. The third kappa shape index (κ3) is 5.36. The Morgan fingerprint density at radius 1 is 1.35 bits per heavy atom. The summed E-state index contributed by atoms with van der Waals surface area (Å²) in [5.41, 5.74) is 11.3. The van der Waals surface area contributed by atoms with Gasteiger partial charge in [0.05, 0.1) is 11.1 Å². The van der Waals surface area contributed by atoms with Crippen molar-refractivity contribution in [2.45, 2.75) is 32.7 Å². The number of aromatic nitrogens is 1. The molecule has 1 aromatic carbocycles. The quantitative estimate of drug-likeness (QED) is 0.322. The SMILES string of the molecule is C#C/C=C\C1=C(C)C(NC(=C)NNc2ncc(C(C)=O)cc2Cl)c2ccccc2CC1. The van der Waals surface area contributed by atoms with E-state index in [4.69, 9.17) is 18.0 Å². The van der Waals surface area contributed by atoms with Crippen molar-refractivity contribution in [1.29, 1.82) is 0 Å². The van der Waals surface area contributed by atoms with Gasteiger partial charge in [-0.2, -0.15) is 0 Å². The highest BCUT2D eigenvalue weighted by Crippen LogP contribution is 2.34. The van der Waals surface area contributed by atoms with Gasteiger partial charge in [-0.3, -0.25) is 15.6 Å². The first-order valence-corrected chi connectivity index (χ1v) is 10.3. The zero-order valence-corrected chi connectivity index (χ0v) is 18.4. The number of halogens is 1. The van der Waals surface area contributed by atoms with Gasteiger partial charge in [-0.15, -0.1) is 6.42 Å². The van der Waals surface area contributed by atoms with Gasteiger partial charge in [0.1, 0.15) is 5.82 Å². The molecule has 6 heteroatoms. The Bertz CT molecular complexity index is 1110. The van der Waals surface area contributed by atoms with E-state index in [0.717, 1.165) is 12.8 Å². The molecule has 1 aromatic heterocycles. The van der Waals surface area contributed by atoms with Crippen LogP contribution in [0, 0.1) is 12.3 Å². The molecule has 0 bridgehead atoms. The van der Waals surface area contributed by atoms with Crippen molar-refractivity contribution in [1.82, 2.24) is 15.7 Å². The van der Waals surface area contributed by atoms with Crippen LogP contribution in [0.1, 0.15) is 47.8 Å². The van der Waals surface area contributed by atoms with Crippen LogP contribution in [0.15, 0.2) is 72.2 Å². The van der Waals surface area contributed by atoms with Crippen molar-refractivity contribution >= 4 is 23.2 Å². The predicted octanol–water partition coefficient (Wildman–Crippen LogP) is 5.11. The summed E-state index contributed by atoms with van der Waals surface area (Å²) in [7, 11) is 0. The number of hydrazine groups is 1. The van der Waals surface area contributed by atoms with E-state index in [2.05, 4.69) is 58.8 Å². The number of ketones is 1. The lowest BCUT2D eigenvalue weighted by molar-refractivity contribution is 0.101. The molecule has 0 spiro atoms. The molecule has 31 heavy (non-hydrogen) atoms. The first kappa shape index (κ1) is 22.2. The molecule has 0 saturated heterocycles. The monoisotopic (exact) mass is 432 g/mol. The van der Waals surface area contributed by atoms with Gasteiger partial charge in [-0.25, -0.2) is 4.98 Å². The number of allylic oxidation sites excluding steroid dienone is 3. The van der Waals surface area contributed by atoms with Crippen molar-refractivity contribution in [3.8, 4) is 12.3 Å². The summed E-state index contributed by atoms with van der Waals surface area (Å²) in [6, 6.07) is 9.89. The highest BCUT2D eigenvalue weighted by atomic mass is 35.5. The summed E-state index contributed by atoms with van der Waals surface area (Å²) in [5, 5.41) is 3.79. The predicted molar refractivity (Wildman–Crippen MR) is 126 cm³/mol. The normalized spacial score (nSPS) is 15.6. The topological polar surface area (TPSA) is 66.0 Å². The molecular formula is C25H25ClN4O. The minimum Gasteiger partial charge on any atom is -0.360 e.